The molecule has 1 aromatic heterocycles. The van der Waals surface area contributed by atoms with E-state index in [1.807, 2.05) is 31.2 Å². The third kappa shape index (κ3) is 5.78. The van der Waals surface area contributed by atoms with Crippen molar-refractivity contribution in [2.75, 3.05) is 37.5 Å². The van der Waals surface area contributed by atoms with Gasteiger partial charge in [0, 0.05) is 30.3 Å². The molecule has 0 radical (unpaired) electrons. The standard InChI is InChI=1S/C26H28F3N3O2/c1-18-8-9-23(25(15-18)33-2)30-12-4-5-20-16-21-22(31-19-10-13-34-14-11-19)6-3-7-24(21)32(20)17-26(27,28)29/h3,6-9,15-16,19,30-31H,10-14,17H2,1-2H3. The van der Waals surface area contributed by atoms with E-state index < -0.39 is 12.7 Å². The highest BCUT2D eigenvalue weighted by molar-refractivity contribution is 5.94. The van der Waals surface area contributed by atoms with Crippen molar-refractivity contribution in [3.05, 3.63) is 53.7 Å². The largest absolute Gasteiger partial charge is 0.495 e. The predicted molar refractivity (Wildman–Crippen MR) is 129 cm³/mol. The van der Waals surface area contributed by atoms with Crippen LogP contribution in [0.3, 0.4) is 0 Å². The van der Waals surface area contributed by atoms with E-state index in [-0.39, 0.29) is 12.6 Å². The van der Waals surface area contributed by atoms with Crippen molar-refractivity contribution >= 4 is 22.3 Å². The van der Waals surface area contributed by atoms with Crippen molar-refractivity contribution < 1.29 is 22.6 Å². The zero-order chi connectivity index (χ0) is 24.1. The number of hydrogen-bond donors (Lipinski definition) is 2. The number of halogens is 3. The van der Waals surface area contributed by atoms with Gasteiger partial charge in [-0.25, -0.2) is 0 Å². The van der Waals surface area contributed by atoms with Gasteiger partial charge in [0.2, 0.25) is 0 Å². The summed E-state index contributed by atoms with van der Waals surface area (Å²) in [5, 5.41) is 7.39. The number of anilines is 2. The van der Waals surface area contributed by atoms with Gasteiger partial charge in [-0.1, -0.05) is 18.1 Å². The highest BCUT2D eigenvalue weighted by Gasteiger charge is 2.30. The van der Waals surface area contributed by atoms with Crippen molar-refractivity contribution in [1.82, 2.24) is 4.57 Å². The number of rotatable bonds is 6. The van der Waals surface area contributed by atoms with Crippen LogP contribution in [-0.4, -0.2) is 43.7 Å². The van der Waals surface area contributed by atoms with E-state index in [1.165, 1.54) is 4.57 Å². The number of ether oxygens (including phenoxy) is 2. The molecular formula is C26H28F3N3O2. The van der Waals surface area contributed by atoms with E-state index in [1.54, 1.807) is 25.3 Å². The van der Waals surface area contributed by atoms with E-state index in [9.17, 15) is 13.2 Å². The molecule has 1 saturated heterocycles. The topological polar surface area (TPSA) is 47.4 Å². The summed E-state index contributed by atoms with van der Waals surface area (Å²) in [7, 11) is 1.59. The first kappa shape index (κ1) is 23.8. The van der Waals surface area contributed by atoms with E-state index in [2.05, 4.69) is 22.5 Å². The summed E-state index contributed by atoms with van der Waals surface area (Å²) in [6, 6.07) is 13.1. The van der Waals surface area contributed by atoms with E-state index in [4.69, 9.17) is 9.47 Å². The third-order valence-electron chi connectivity index (χ3n) is 5.80. The first-order valence-electron chi connectivity index (χ1n) is 11.2. The molecular weight excluding hydrogens is 443 g/mol. The van der Waals surface area contributed by atoms with Crippen LogP contribution in [0.2, 0.25) is 0 Å². The molecule has 0 atom stereocenters. The molecule has 0 amide bonds. The summed E-state index contributed by atoms with van der Waals surface area (Å²) in [5.41, 5.74) is 3.49. The molecule has 34 heavy (non-hydrogen) atoms. The van der Waals surface area contributed by atoms with Crippen molar-refractivity contribution in [3.8, 4) is 17.6 Å². The molecule has 5 nitrogen and oxygen atoms in total. The highest BCUT2D eigenvalue weighted by Crippen LogP contribution is 2.31. The molecule has 0 saturated carbocycles. The fourth-order valence-corrected chi connectivity index (χ4v) is 4.14. The van der Waals surface area contributed by atoms with Gasteiger partial charge in [0.05, 0.1) is 30.6 Å². The maximum Gasteiger partial charge on any atom is 0.406 e. The Balaban J connectivity index is 1.61. The van der Waals surface area contributed by atoms with Crippen LogP contribution in [0.25, 0.3) is 10.9 Å². The Labute approximate surface area is 197 Å². The molecule has 1 aliphatic heterocycles. The van der Waals surface area contributed by atoms with Gasteiger partial charge < -0.3 is 24.7 Å². The fourth-order valence-electron chi connectivity index (χ4n) is 4.14. The summed E-state index contributed by atoms with van der Waals surface area (Å²) in [6.45, 7) is 2.49. The summed E-state index contributed by atoms with van der Waals surface area (Å²) in [4.78, 5) is 0. The third-order valence-corrected chi connectivity index (χ3v) is 5.80. The number of alkyl halides is 3. The van der Waals surface area contributed by atoms with Gasteiger partial charge in [-0.3, -0.25) is 0 Å². The molecule has 1 aliphatic rings. The minimum atomic E-state index is -4.36. The maximum atomic E-state index is 13.4. The Morgan fingerprint density at radius 1 is 1.12 bits per heavy atom. The Morgan fingerprint density at radius 2 is 1.91 bits per heavy atom. The van der Waals surface area contributed by atoms with E-state index in [0.717, 1.165) is 35.2 Å². The summed E-state index contributed by atoms with van der Waals surface area (Å²) in [5.74, 6) is 6.59. The van der Waals surface area contributed by atoms with Gasteiger partial charge in [-0.2, -0.15) is 13.2 Å². The molecule has 0 bridgehead atoms. The SMILES string of the molecule is COc1cc(C)ccc1NCC#Cc1cc2c(NC3CCOCC3)cccc2n1CC(F)(F)F. The second-order valence-corrected chi connectivity index (χ2v) is 8.36. The predicted octanol–water partition coefficient (Wildman–Crippen LogP) is 5.58. The van der Waals surface area contributed by atoms with E-state index in [0.29, 0.717) is 30.2 Å². The van der Waals surface area contributed by atoms with Crippen LogP contribution in [0.15, 0.2) is 42.5 Å². The summed E-state index contributed by atoms with van der Waals surface area (Å²) < 4.78 is 52.2. The van der Waals surface area contributed by atoms with Crippen LogP contribution in [-0.2, 0) is 11.3 Å². The smallest absolute Gasteiger partial charge is 0.406 e. The normalized spacial score (nSPS) is 14.5. The molecule has 2 heterocycles. The van der Waals surface area contributed by atoms with Crippen molar-refractivity contribution in [3.63, 3.8) is 0 Å². The zero-order valence-electron chi connectivity index (χ0n) is 19.3. The van der Waals surface area contributed by atoms with Crippen LogP contribution in [0, 0.1) is 18.8 Å². The molecule has 2 aromatic carbocycles. The van der Waals surface area contributed by atoms with Gasteiger partial charge in [0.15, 0.2) is 0 Å². The van der Waals surface area contributed by atoms with Crippen LogP contribution >= 0.6 is 0 Å². The van der Waals surface area contributed by atoms with Crippen LogP contribution < -0.4 is 15.4 Å². The van der Waals surface area contributed by atoms with Gasteiger partial charge in [-0.15, -0.1) is 0 Å². The highest BCUT2D eigenvalue weighted by atomic mass is 19.4. The minimum absolute atomic E-state index is 0.230. The number of fused-ring (bicyclic) bond motifs is 1. The lowest BCUT2D eigenvalue weighted by molar-refractivity contribution is -0.140. The molecule has 0 aliphatic carbocycles. The Bertz CT molecular complexity index is 1200. The number of aromatic nitrogens is 1. The number of aryl methyl sites for hydroxylation is 1. The second-order valence-electron chi connectivity index (χ2n) is 8.36. The number of methoxy groups -OCH3 is 1. The van der Waals surface area contributed by atoms with E-state index >= 15 is 0 Å². The number of nitrogens with zero attached hydrogens (tertiary/aromatic N) is 1. The van der Waals surface area contributed by atoms with Gasteiger partial charge in [0.1, 0.15) is 12.3 Å². The molecule has 4 rings (SSSR count). The van der Waals surface area contributed by atoms with Gasteiger partial charge >= 0.3 is 6.18 Å². The fraction of sp³-hybridized carbons (Fsp3) is 0.385. The van der Waals surface area contributed by atoms with Crippen LogP contribution in [0.1, 0.15) is 24.1 Å². The number of benzene rings is 2. The van der Waals surface area contributed by atoms with Crippen molar-refractivity contribution in [1.29, 1.82) is 0 Å². The van der Waals surface area contributed by atoms with Gasteiger partial charge in [0.25, 0.3) is 0 Å². The average molecular weight is 472 g/mol. The Morgan fingerprint density at radius 3 is 2.65 bits per heavy atom. The Kier molecular flexibility index (Phi) is 7.23. The molecule has 180 valence electrons. The molecule has 1 fully saturated rings. The first-order chi connectivity index (χ1) is 16.3. The quantitative estimate of drug-likeness (QED) is 0.461. The maximum absolute atomic E-state index is 13.4. The number of hydrogen-bond acceptors (Lipinski definition) is 4. The van der Waals surface area contributed by atoms with Gasteiger partial charge in [-0.05, 0) is 61.6 Å². The lowest BCUT2D eigenvalue weighted by Crippen LogP contribution is -2.27. The second kappa shape index (κ2) is 10.3. The van der Waals surface area contributed by atoms with Crippen LogP contribution in [0.5, 0.6) is 5.75 Å². The van der Waals surface area contributed by atoms with Crippen molar-refractivity contribution in [2.45, 2.75) is 38.5 Å². The lowest BCUT2D eigenvalue weighted by Gasteiger charge is -2.24. The monoisotopic (exact) mass is 471 g/mol. The molecule has 0 spiro atoms. The molecule has 2 N–H and O–H groups in total. The summed E-state index contributed by atoms with van der Waals surface area (Å²) >= 11 is 0. The average Bonchev–Trinajstić information content (AvgIpc) is 3.15. The number of nitrogens with one attached hydrogen (secondary N) is 2. The molecule has 0 unspecified atom stereocenters. The Hall–Kier alpha value is -3.31. The van der Waals surface area contributed by atoms with Crippen molar-refractivity contribution in [2.24, 2.45) is 0 Å². The van der Waals surface area contributed by atoms with Crippen LogP contribution in [0.4, 0.5) is 24.5 Å². The zero-order valence-corrected chi connectivity index (χ0v) is 19.3. The lowest BCUT2D eigenvalue weighted by atomic mass is 10.1. The first-order valence-corrected chi connectivity index (χ1v) is 11.2. The molecule has 3 aromatic rings. The molecule has 8 heteroatoms. The summed E-state index contributed by atoms with van der Waals surface area (Å²) in [6.07, 6.45) is -2.64. The minimum Gasteiger partial charge on any atom is -0.495 e.